The van der Waals surface area contributed by atoms with E-state index in [1.54, 1.807) is 14.0 Å². The summed E-state index contributed by atoms with van der Waals surface area (Å²) in [6, 6.07) is 17.2. The fourth-order valence-corrected chi connectivity index (χ4v) is 2.54. The number of rotatable bonds is 6. The van der Waals surface area contributed by atoms with Gasteiger partial charge in [-0.15, -0.1) is 0 Å². The van der Waals surface area contributed by atoms with Gasteiger partial charge in [0.1, 0.15) is 5.75 Å². The molecule has 0 aliphatic rings. The van der Waals surface area contributed by atoms with Gasteiger partial charge in [-0.2, -0.15) is 4.98 Å². The van der Waals surface area contributed by atoms with E-state index < -0.39 is 6.10 Å². The average molecular weight is 351 g/mol. The fourth-order valence-electron chi connectivity index (χ4n) is 2.54. The molecule has 3 rings (SSSR count). The minimum atomic E-state index is -0.613. The van der Waals surface area contributed by atoms with E-state index in [0.29, 0.717) is 17.5 Å². The van der Waals surface area contributed by atoms with Crippen molar-refractivity contribution in [2.45, 2.75) is 26.5 Å². The zero-order valence-corrected chi connectivity index (χ0v) is 15.0. The maximum atomic E-state index is 12.6. The molecule has 3 aromatic rings. The summed E-state index contributed by atoms with van der Waals surface area (Å²) in [5, 5.41) is 3.97. The van der Waals surface area contributed by atoms with E-state index >= 15 is 0 Å². The van der Waals surface area contributed by atoms with E-state index in [0.717, 1.165) is 11.1 Å². The molecule has 1 heterocycles. The molecule has 6 nitrogen and oxygen atoms in total. The lowest BCUT2D eigenvalue weighted by molar-refractivity contribution is -0.137. The van der Waals surface area contributed by atoms with E-state index in [1.807, 2.05) is 61.5 Å². The molecular weight excluding hydrogens is 330 g/mol. The van der Waals surface area contributed by atoms with Crippen LogP contribution >= 0.6 is 0 Å². The number of ether oxygens (including phenoxy) is 1. The highest BCUT2D eigenvalue weighted by Gasteiger charge is 2.22. The Kier molecular flexibility index (Phi) is 5.31. The molecule has 0 bridgehead atoms. The Balaban J connectivity index is 1.62. The lowest BCUT2D eigenvalue weighted by Gasteiger charge is -2.21. The number of aryl methyl sites for hydroxylation is 1. The Labute approximate surface area is 152 Å². The molecule has 0 saturated heterocycles. The molecule has 0 saturated carbocycles. The lowest BCUT2D eigenvalue weighted by atomic mass is 10.2. The SMILES string of the molecule is Cc1ccccc1O[C@H](C)C(=O)N(C)Cc1nc(-c2ccccc2)no1. The molecule has 1 atom stereocenters. The Morgan fingerprint density at radius 3 is 2.58 bits per heavy atom. The first-order valence-electron chi connectivity index (χ1n) is 8.40. The topological polar surface area (TPSA) is 68.5 Å². The van der Waals surface area contributed by atoms with Crippen LogP contribution in [0.4, 0.5) is 0 Å². The number of para-hydroxylation sites is 1. The van der Waals surface area contributed by atoms with E-state index in [1.165, 1.54) is 4.90 Å². The summed E-state index contributed by atoms with van der Waals surface area (Å²) >= 11 is 0. The predicted octanol–water partition coefficient (Wildman–Crippen LogP) is 3.47. The number of likely N-dealkylation sites (N-methyl/N-ethyl adjacent to an activating group) is 1. The normalized spacial score (nSPS) is 11.8. The van der Waals surface area contributed by atoms with Crippen molar-refractivity contribution in [3.63, 3.8) is 0 Å². The second kappa shape index (κ2) is 7.82. The smallest absolute Gasteiger partial charge is 0.263 e. The first kappa shape index (κ1) is 17.7. The summed E-state index contributed by atoms with van der Waals surface area (Å²) in [4.78, 5) is 18.4. The van der Waals surface area contributed by atoms with Crippen LogP contribution in [0.2, 0.25) is 0 Å². The first-order chi connectivity index (χ1) is 12.5. The fraction of sp³-hybridized carbons (Fsp3) is 0.250. The van der Waals surface area contributed by atoms with Crippen LogP contribution in [-0.4, -0.2) is 34.1 Å². The summed E-state index contributed by atoms with van der Waals surface area (Å²) in [7, 11) is 1.69. The second-order valence-corrected chi connectivity index (χ2v) is 6.10. The van der Waals surface area contributed by atoms with Gasteiger partial charge in [-0.05, 0) is 25.5 Å². The number of carbonyl (C=O) groups excluding carboxylic acids is 1. The van der Waals surface area contributed by atoms with Gasteiger partial charge in [-0.3, -0.25) is 4.79 Å². The van der Waals surface area contributed by atoms with Crippen molar-refractivity contribution < 1.29 is 14.1 Å². The maximum Gasteiger partial charge on any atom is 0.263 e. The molecule has 1 aromatic heterocycles. The van der Waals surface area contributed by atoms with Crippen LogP contribution in [0.1, 0.15) is 18.4 Å². The summed E-state index contributed by atoms with van der Waals surface area (Å²) in [5.41, 5.74) is 1.85. The van der Waals surface area contributed by atoms with Gasteiger partial charge >= 0.3 is 0 Å². The molecule has 134 valence electrons. The zero-order chi connectivity index (χ0) is 18.5. The summed E-state index contributed by atoms with van der Waals surface area (Å²) in [6.45, 7) is 3.90. The predicted molar refractivity (Wildman–Crippen MR) is 97.5 cm³/mol. The van der Waals surface area contributed by atoms with Crippen LogP contribution in [0.15, 0.2) is 59.1 Å². The molecular formula is C20H21N3O3. The van der Waals surface area contributed by atoms with Gasteiger partial charge in [0.15, 0.2) is 6.10 Å². The number of amides is 1. The molecule has 0 unspecified atom stereocenters. The van der Waals surface area contributed by atoms with Crippen LogP contribution in [0, 0.1) is 6.92 Å². The van der Waals surface area contributed by atoms with Crippen LogP contribution in [0.3, 0.4) is 0 Å². The van der Waals surface area contributed by atoms with E-state index in [-0.39, 0.29) is 12.5 Å². The third-order valence-electron chi connectivity index (χ3n) is 3.99. The highest BCUT2D eigenvalue weighted by Crippen LogP contribution is 2.19. The van der Waals surface area contributed by atoms with Gasteiger partial charge in [0.05, 0.1) is 6.54 Å². The Bertz CT molecular complexity index is 877. The van der Waals surface area contributed by atoms with Crippen molar-refractivity contribution in [1.29, 1.82) is 0 Å². The van der Waals surface area contributed by atoms with E-state index in [4.69, 9.17) is 9.26 Å². The van der Waals surface area contributed by atoms with Crippen LogP contribution in [-0.2, 0) is 11.3 Å². The molecule has 26 heavy (non-hydrogen) atoms. The number of nitrogens with zero attached hydrogens (tertiary/aromatic N) is 3. The lowest BCUT2D eigenvalue weighted by Crippen LogP contribution is -2.37. The first-order valence-corrected chi connectivity index (χ1v) is 8.40. The molecule has 1 amide bonds. The molecule has 0 aliphatic heterocycles. The number of aromatic nitrogens is 2. The number of hydrogen-bond acceptors (Lipinski definition) is 5. The average Bonchev–Trinajstić information content (AvgIpc) is 3.12. The molecule has 0 spiro atoms. The molecule has 0 N–H and O–H groups in total. The van der Waals surface area contributed by atoms with Crippen molar-refractivity contribution in [2.24, 2.45) is 0 Å². The van der Waals surface area contributed by atoms with Gasteiger partial charge in [0.2, 0.25) is 11.7 Å². The monoisotopic (exact) mass is 351 g/mol. The third kappa shape index (κ3) is 4.08. The van der Waals surface area contributed by atoms with Gasteiger partial charge in [-0.25, -0.2) is 0 Å². The Morgan fingerprint density at radius 2 is 1.85 bits per heavy atom. The Morgan fingerprint density at radius 1 is 1.15 bits per heavy atom. The number of carbonyl (C=O) groups is 1. The van der Waals surface area contributed by atoms with Crippen LogP contribution in [0.5, 0.6) is 5.75 Å². The summed E-state index contributed by atoms with van der Waals surface area (Å²) in [6.07, 6.45) is -0.613. The molecule has 0 fully saturated rings. The standard InChI is InChI=1S/C20H21N3O3/c1-14-9-7-8-12-17(14)25-15(2)20(24)23(3)13-18-21-19(22-26-18)16-10-5-4-6-11-16/h4-12,15H,13H2,1-3H3/t15-/m1/s1. The molecule has 0 radical (unpaired) electrons. The number of hydrogen-bond donors (Lipinski definition) is 0. The van der Waals surface area contributed by atoms with Crippen molar-refractivity contribution in [3.8, 4) is 17.1 Å². The van der Waals surface area contributed by atoms with Crippen LogP contribution in [0.25, 0.3) is 11.4 Å². The molecule has 6 heteroatoms. The summed E-state index contributed by atoms with van der Waals surface area (Å²) in [5.74, 6) is 1.42. The summed E-state index contributed by atoms with van der Waals surface area (Å²) < 4.78 is 11.0. The van der Waals surface area contributed by atoms with E-state index in [9.17, 15) is 4.79 Å². The van der Waals surface area contributed by atoms with Crippen LogP contribution < -0.4 is 4.74 Å². The van der Waals surface area contributed by atoms with Gasteiger partial charge in [0, 0.05) is 12.6 Å². The Hall–Kier alpha value is -3.15. The van der Waals surface area contributed by atoms with Gasteiger partial charge in [0.25, 0.3) is 5.91 Å². The second-order valence-electron chi connectivity index (χ2n) is 6.10. The largest absolute Gasteiger partial charge is 0.481 e. The number of benzene rings is 2. The highest BCUT2D eigenvalue weighted by molar-refractivity contribution is 5.80. The minimum Gasteiger partial charge on any atom is -0.481 e. The van der Waals surface area contributed by atoms with Crippen molar-refractivity contribution >= 4 is 5.91 Å². The van der Waals surface area contributed by atoms with Gasteiger partial charge < -0.3 is 14.2 Å². The minimum absolute atomic E-state index is 0.160. The zero-order valence-electron chi connectivity index (χ0n) is 15.0. The highest BCUT2D eigenvalue weighted by atomic mass is 16.5. The van der Waals surface area contributed by atoms with E-state index in [2.05, 4.69) is 10.1 Å². The maximum absolute atomic E-state index is 12.6. The molecule has 2 aromatic carbocycles. The van der Waals surface area contributed by atoms with Crippen molar-refractivity contribution in [3.05, 3.63) is 66.1 Å². The van der Waals surface area contributed by atoms with Gasteiger partial charge in [-0.1, -0.05) is 53.7 Å². The van der Waals surface area contributed by atoms with Crippen molar-refractivity contribution in [2.75, 3.05) is 7.05 Å². The quantitative estimate of drug-likeness (QED) is 0.680. The van der Waals surface area contributed by atoms with Crippen molar-refractivity contribution in [1.82, 2.24) is 15.0 Å². The third-order valence-corrected chi connectivity index (χ3v) is 3.99. The molecule has 0 aliphatic carbocycles.